The van der Waals surface area contributed by atoms with Crippen molar-refractivity contribution in [2.24, 2.45) is 0 Å². The Bertz CT molecular complexity index is 482. The first-order chi connectivity index (χ1) is 5.67. The third-order valence-electron chi connectivity index (χ3n) is 0.364. The van der Waals surface area contributed by atoms with Gasteiger partial charge in [-0.2, -0.15) is 0 Å². The fraction of sp³-hybridized carbons (Fsp3) is 0. The summed E-state index contributed by atoms with van der Waals surface area (Å²) in [7, 11) is 0. The molecule has 219 valence electrons. The quantitative estimate of drug-likeness (QED) is 0.258. The van der Waals surface area contributed by atoms with E-state index < -0.39 is 49.8 Å². The molecule has 0 unspecified atom stereocenters. The van der Waals surface area contributed by atoms with Crippen molar-refractivity contribution in [3.05, 3.63) is 0 Å². The minimum atomic E-state index is -8.70. The molecular weight excluding hydrogens is 1850 g/mol. The standard InChI is InChI=1S/8Ag.6H2O.10O.4W/h;;;;;;;;6*1H2;;;;;;;;;;;;;;/q;;;;;3*+1;;;;;;;;;;;;;;3*-1;;;;+1/p-1. The van der Waals surface area contributed by atoms with E-state index in [9.17, 15) is 28.3 Å². The molecule has 5 radical (unpaired) electrons. The molecule has 0 aromatic carbocycles. The second-order valence-electron chi connectivity index (χ2n) is 1.65. The van der Waals surface area contributed by atoms with Crippen LogP contribution in [-0.2, 0) is 271 Å². The molecule has 28 heteroatoms. The van der Waals surface area contributed by atoms with Crippen LogP contribution >= 0.6 is 0 Å². The van der Waals surface area contributed by atoms with Crippen molar-refractivity contribution in [3.8, 4) is 0 Å². The Balaban J connectivity index is -0.00000000929. The van der Waals surface area contributed by atoms with E-state index in [0.717, 1.165) is 0 Å². The number of hydrogen-bond acceptors (Lipinski definition) is 10. The van der Waals surface area contributed by atoms with Crippen LogP contribution in [0.5, 0.6) is 0 Å². The predicted molar refractivity (Wildman–Crippen MR) is 25.9 cm³/mol. The van der Waals surface area contributed by atoms with Crippen LogP contribution in [0.25, 0.3) is 0 Å². The van der Waals surface area contributed by atoms with Crippen LogP contribution in [0.4, 0.5) is 0 Å². The molecule has 0 spiro atoms. The van der Waals surface area contributed by atoms with E-state index in [1.165, 1.54) is 0 Å². The molecular formula is H11Ag8O16W4. The van der Waals surface area contributed by atoms with Crippen molar-refractivity contribution in [1.29, 1.82) is 0 Å². The normalized spacial score (nSPS) is 8.64. The van der Waals surface area contributed by atoms with Crippen molar-refractivity contribution in [3.63, 3.8) is 0 Å². The second-order valence-corrected chi connectivity index (χ2v) is 21.5. The smallest absolute Gasteiger partial charge is 0 e. The van der Waals surface area contributed by atoms with E-state index in [1.807, 2.05) is 0 Å². The Morgan fingerprint density at radius 1 is 0.679 bits per heavy atom. The van der Waals surface area contributed by atoms with Crippen LogP contribution in [0, 0.1) is 0 Å². The zero-order valence-electron chi connectivity index (χ0n) is 11.1. The molecule has 0 saturated carbocycles. The topological polar surface area (TPSA) is 351 Å². The molecule has 0 aromatic rings. The maximum Gasteiger partial charge on any atom is 0 e. The summed E-state index contributed by atoms with van der Waals surface area (Å²) >= 11 is -22.7. The minimum Gasteiger partial charge on any atom is 0 e. The monoisotopic (exact) mass is 1860 g/mol. The van der Waals surface area contributed by atoms with Crippen LogP contribution in [0.15, 0.2) is 0 Å². The Kier molecular flexibility index (Phi) is 140. The van der Waals surface area contributed by atoms with E-state index in [0.29, 0.717) is 0 Å². The van der Waals surface area contributed by atoms with Gasteiger partial charge in [0.15, 0.2) is 0 Å². The fourth-order valence-corrected chi connectivity index (χ4v) is 22.4. The summed E-state index contributed by atoms with van der Waals surface area (Å²) in [5, 5.41) is 0. The largest absolute Gasteiger partial charge is 0 e. The van der Waals surface area contributed by atoms with Crippen LogP contribution in [-0.4, -0.2) is 31.1 Å². The van der Waals surface area contributed by atoms with E-state index in [-0.39, 0.29) is 227 Å². The molecule has 0 amide bonds. The zero-order valence-corrected chi connectivity index (χ0v) is 34.7. The second kappa shape index (κ2) is 38.8. The predicted octanol–water partition coefficient (Wildman–Crippen LogP) is -9.01. The molecule has 16 nitrogen and oxygen atoms in total. The Hall–Kier alpha value is 7.24. The molecule has 0 aliphatic carbocycles. The van der Waals surface area contributed by atoms with Gasteiger partial charge in [-0.15, -0.1) is 0 Å². The zero-order chi connectivity index (χ0) is 11.9. The summed E-state index contributed by atoms with van der Waals surface area (Å²) in [6.45, 7) is 0. The van der Waals surface area contributed by atoms with E-state index >= 15 is 0 Å². The summed E-state index contributed by atoms with van der Waals surface area (Å²) in [4.78, 5) is 0. The van der Waals surface area contributed by atoms with Crippen molar-refractivity contribution in [1.82, 2.24) is 0 Å². The first-order valence-corrected chi connectivity index (χ1v) is 17.9. The van der Waals surface area contributed by atoms with Gasteiger partial charge >= 0.3 is 153 Å². The van der Waals surface area contributed by atoms with Crippen molar-refractivity contribution in [2.75, 3.05) is 0 Å². The average molecular weight is 1870 g/mol. The molecule has 28 heavy (non-hydrogen) atoms. The van der Waals surface area contributed by atoms with E-state index in [4.69, 9.17) is 3.76 Å². The summed E-state index contributed by atoms with van der Waals surface area (Å²) in [5.74, 6) is 0. The molecule has 0 heterocycles. The average Bonchev–Trinajstić information content (AvgIpc) is 1.40. The van der Waals surface area contributed by atoms with Crippen LogP contribution in [0.2, 0.25) is 0 Å². The summed E-state index contributed by atoms with van der Waals surface area (Å²) in [6, 6.07) is 0. The van der Waals surface area contributed by atoms with Gasteiger partial charge in [0.25, 0.3) is 0 Å². The maximum atomic E-state index is 10.3. The van der Waals surface area contributed by atoms with Crippen LogP contribution in [0.1, 0.15) is 0 Å². The maximum absolute atomic E-state index is 10.3. The summed E-state index contributed by atoms with van der Waals surface area (Å²) in [5.41, 5.74) is 0. The molecule has 0 aliphatic heterocycles. The first kappa shape index (κ1) is 101. The van der Waals surface area contributed by atoms with Crippen molar-refractivity contribution in [2.45, 2.75) is 0 Å². The Morgan fingerprint density at radius 2 is 0.857 bits per heavy atom. The van der Waals surface area contributed by atoms with Gasteiger partial charge in [0.2, 0.25) is 0 Å². The third kappa shape index (κ3) is 84.3. The van der Waals surface area contributed by atoms with Crippen LogP contribution < -0.4 is 11.3 Å². The first-order valence-electron chi connectivity index (χ1n) is 2.18. The molecule has 0 saturated heterocycles. The molecule has 0 bridgehead atoms. The SMILES string of the molecule is O.O.O.O.O.[Ag+].[Ag+].[Ag+].[Ag].[Ag].[Ag].[Ag].[Ag].[O]=[W](=[O])([OH])[O][W](=[O])(=[O])[O][W](=[O])([O-])([O-])[O-].[W]. The van der Waals surface area contributed by atoms with Gasteiger partial charge in [-0.05, 0) is 0 Å². The molecule has 0 rings (SSSR count). The molecule has 0 aromatic heterocycles. The van der Waals surface area contributed by atoms with Gasteiger partial charge in [-0.1, -0.05) is 0 Å². The molecule has 0 fully saturated rings. The molecule has 0 atom stereocenters. The number of hydrogen-bond donors (Lipinski definition) is 1. The summed E-state index contributed by atoms with van der Waals surface area (Å²) < 4.78 is 92.9. The van der Waals surface area contributed by atoms with Gasteiger partial charge in [0.05, 0.1) is 0 Å². The molecule has 11 N–H and O–H groups in total. The van der Waals surface area contributed by atoms with Gasteiger partial charge in [0, 0.05) is 133 Å². The van der Waals surface area contributed by atoms with Crippen molar-refractivity contribution >= 4 is 0 Å². The third-order valence-corrected chi connectivity index (χ3v) is 24.4. The Labute approximate surface area is 306 Å². The van der Waals surface area contributed by atoms with Gasteiger partial charge < -0.3 is 27.4 Å². The summed E-state index contributed by atoms with van der Waals surface area (Å²) in [6.07, 6.45) is 0. The molecule has 0 aliphatic rings. The van der Waals surface area contributed by atoms with E-state index in [2.05, 4.69) is 4.09 Å². The van der Waals surface area contributed by atoms with Gasteiger partial charge in [0.1, 0.15) is 0 Å². The van der Waals surface area contributed by atoms with Crippen LogP contribution in [0.3, 0.4) is 0 Å². The Morgan fingerprint density at radius 3 is 0.964 bits per heavy atom. The fourth-order valence-electron chi connectivity index (χ4n) is 0.253. The minimum absolute atomic E-state index is 0. The number of rotatable bonds is 4. The van der Waals surface area contributed by atoms with Gasteiger partial charge in [-0.3, -0.25) is 0 Å². The van der Waals surface area contributed by atoms with E-state index in [1.54, 1.807) is 0 Å². The van der Waals surface area contributed by atoms with Gasteiger partial charge in [-0.25, -0.2) is 0 Å². The van der Waals surface area contributed by atoms with Crippen molar-refractivity contribution < 1.29 is 313 Å².